The lowest BCUT2D eigenvalue weighted by Crippen LogP contribution is -2.23. The summed E-state index contributed by atoms with van der Waals surface area (Å²) in [6.45, 7) is 6.48. The molecule has 172 valence electrons. The zero-order chi connectivity index (χ0) is 21.6. The summed E-state index contributed by atoms with van der Waals surface area (Å²) in [4.78, 5) is 23.5. The largest absolute Gasteiger partial charge is 0.464 e. The van der Waals surface area contributed by atoms with E-state index in [1.165, 1.54) is 51.4 Å². The van der Waals surface area contributed by atoms with Crippen LogP contribution in [0.3, 0.4) is 0 Å². The van der Waals surface area contributed by atoms with Crippen molar-refractivity contribution >= 4 is 11.9 Å². The van der Waals surface area contributed by atoms with Gasteiger partial charge in [-0.05, 0) is 19.3 Å². The second-order valence-corrected chi connectivity index (χ2v) is 7.94. The average molecular weight is 415 g/mol. The second-order valence-electron chi connectivity index (χ2n) is 7.94. The molecule has 0 heterocycles. The molecule has 0 aromatic heterocycles. The van der Waals surface area contributed by atoms with E-state index in [9.17, 15) is 9.59 Å². The van der Waals surface area contributed by atoms with Crippen molar-refractivity contribution in [2.24, 2.45) is 0 Å². The van der Waals surface area contributed by atoms with E-state index in [-0.39, 0.29) is 19.3 Å². The Morgan fingerprint density at radius 3 is 1.76 bits per heavy atom. The highest BCUT2D eigenvalue weighted by atomic mass is 16.6. The van der Waals surface area contributed by atoms with Gasteiger partial charge in [-0.2, -0.15) is 0 Å². The van der Waals surface area contributed by atoms with Gasteiger partial charge in [0.2, 0.25) is 0 Å². The highest BCUT2D eigenvalue weighted by molar-refractivity contribution is 5.73. The summed E-state index contributed by atoms with van der Waals surface area (Å²) in [7, 11) is 0. The number of rotatable bonds is 21. The van der Waals surface area contributed by atoms with Gasteiger partial charge in [-0.25, -0.2) is 9.59 Å². The van der Waals surface area contributed by atoms with Crippen molar-refractivity contribution < 1.29 is 23.8 Å². The Hall–Kier alpha value is -1.10. The lowest BCUT2D eigenvalue weighted by atomic mass is 10.1. The van der Waals surface area contributed by atoms with E-state index in [1.54, 1.807) is 0 Å². The van der Waals surface area contributed by atoms with E-state index in [0.29, 0.717) is 6.61 Å². The minimum absolute atomic E-state index is 0.0423. The normalized spacial score (nSPS) is 12.0. The molecule has 29 heavy (non-hydrogen) atoms. The number of carbonyl (C=O) groups excluding carboxylic acids is 2. The van der Waals surface area contributed by atoms with E-state index >= 15 is 0 Å². The SMILES string of the molecule is CCCCCCCCCCCCOC(=O)COCC(=O)OC(CCC)CCCC. The third kappa shape index (κ3) is 20.0. The van der Waals surface area contributed by atoms with Gasteiger partial charge in [0.1, 0.15) is 19.3 Å². The monoisotopic (exact) mass is 414 g/mol. The van der Waals surface area contributed by atoms with Crippen LogP contribution in [0.1, 0.15) is 117 Å². The van der Waals surface area contributed by atoms with Crippen LogP contribution in [-0.2, 0) is 23.8 Å². The molecule has 0 saturated carbocycles. The summed E-state index contributed by atoms with van der Waals surface area (Å²) in [5, 5.41) is 0. The average Bonchev–Trinajstić information content (AvgIpc) is 2.70. The van der Waals surface area contributed by atoms with E-state index in [1.807, 2.05) is 0 Å². The van der Waals surface area contributed by atoms with Crippen LogP contribution in [0.25, 0.3) is 0 Å². The standard InChI is InChI=1S/C24H46O5/c1-4-7-9-10-11-12-13-14-15-16-19-28-23(25)20-27-21-24(26)29-22(17-6-3)18-8-5-2/h22H,4-21H2,1-3H3. The Labute approximate surface area is 179 Å². The van der Waals surface area contributed by atoms with Gasteiger partial charge in [-0.3, -0.25) is 0 Å². The first-order valence-corrected chi connectivity index (χ1v) is 12.1. The molecule has 5 nitrogen and oxygen atoms in total. The molecule has 1 unspecified atom stereocenters. The van der Waals surface area contributed by atoms with Crippen molar-refractivity contribution in [2.45, 2.75) is 123 Å². The number of esters is 2. The first-order chi connectivity index (χ1) is 14.1. The summed E-state index contributed by atoms with van der Waals surface area (Å²) in [5.74, 6) is -0.813. The van der Waals surface area contributed by atoms with Crippen molar-refractivity contribution in [2.75, 3.05) is 19.8 Å². The predicted molar refractivity (Wildman–Crippen MR) is 118 cm³/mol. The van der Waals surface area contributed by atoms with Gasteiger partial charge in [0.05, 0.1) is 6.61 Å². The molecule has 0 aliphatic rings. The maximum Gasteiger partial charge on any atom is 0.332 e. The van der Waals surface area contributed by atoms with Crippen molar-refractivity contribution in [1.82, 2.24) is 0 Å². The Morgan fingerprint density at radius 2 is 1.17 bits per heavy atom. The zero-order valence-corrected chi connectivity index (χ0v) is 19.3. The van der Waals surface area contributed by atoms with E-state index < -0.39 is 11.9 Å². The summed E-state index contributed by atoms with van der Waals surface area (Å²) >= 11 is 0. The number of ether oxygens (including phenoxy) is 3. The van der Waals surface area contributed by atoms with Crippen molar-refractivity contribution in [3.63, 3.8) is 0 Å². The van der Waals surface area contributed by atoms with Gasteiger partial charge in [0.25, 0.3) is 0 Å². The maximum atomic E-state index is 11.8. The Balaban J connectivity index is 3.53. The molecular weight excluding hydrogens is 368 g/mol. The Bertz CT molecular complexity index is 383. The van der Waals surface area contributed by atoms with Crippen LogP contribution in [0.5, 0.6) is 0 Å². The topological polar surface area (TPSA) is 61.8 Å². The molecule has 0 amide bonds. The van der Waals surface area contributed by atoms with E-state index in [2.05, 4.69) is 20.8 Å². The highest BCUT2D eigenvalue weighted by Crippen LogP contribution is 2.12. The van der Waals surface area contributed by atoms with Crippen molar-refractivity contribution in [3.05, 3.63) is 0 Å². The molecule has 0 fully saturated rings. The number of hydrogen-bond acceptors (Lipinski definition) is 5. The maximum absolute atomic E-state index is 11.8. The van der Waals surface area contributed by atoms with Gasteiger partial charge >= 0.3 is 11.9 Å². The summed E-state index contributed by atoms with van der Waals surface area (Å²) in [6.07, 6.45) is 17.3. The molecule has 0 bridgehead atoms. The minimum atomic E-state index is -0.412. The zero-order valence-electron chi connectivity index (χ0n) is 19.3. The second kappa shape index (κ2) is 21.6. The van der Waals surface area contributed by atoms with Gasteiger partial charge in [-0.1, -0.05) is 97.8 Å². The number of carbonyl (C=O) groups is 2. The molecule has 0 radical (unpaired) electrons. The molecule has 0 aliphatic carbocycles. The van der Waals surface area contributed by atoms with Gasteiger partial charge in [-0.15, -0.1) is 0 Å². The molecule has 0 rings (SSSR count). The van der Waals surface area contributed by atoms with Gasteiger partial charge in [0.15, 0.2) is 0 Å². The fourth-order valence-electron chi connectivity index (χ4n) is 3.27. The molecular formula is C24H46O5. The predicted octanol–water partition coefficient (Wildman–Crippen LogP) is 6.37. The molecule has 0 aromatic carbocycles. The molecule has 0 spiro atoms. The molecule has 0 aliphatic heterocycles. The fourth-order valence-corrected chi connectivity index (χ4v) is 3.27. The third-order valence-corrected chi connectivity index (χ3v) is 4.99. The highest BCUT2D eigenvalue weighted by Gasteiger charge is 2.14. The smallest absolute Gasteiger partial charge is 0.332 e. The van der Waals surface area contributed by atoms with Crippen molar-refractivity contribution in [1.29, 1.82) is 0 Å². The first-order valence-electron chi connectivity index (χ1n) is 12.1. The van der Waals surface area contributed by atoms with Gasteiger partial charge in [0, 0.05) is 0 Å². The molecule has 0 aromatic rings. The van der Waals surface area contributed by atoms with Crippen molar-refractivity contribution in [3.8, 4) is 0 Å². The molecule has 0 saturated heterocycles. The van der Waals surface area contributed by atoms with Crippen LogP contribution >= 0.6 is 0 Å². The van der Waals surface area contributed by atoms with Crippen LogP contribution in [0.15, 0.2) is 0 Å². The summed E-state index contributed by atoms with van der Waals surface area (Å²) < 4.78 is 15.7. The third-order valence-electron chi connectivity index (χ3n) is 4.99. The number of unbranched alkanes of at least 4 members (excludes halogenated alkanes) is 10. The van der Waals surface area contributed by atoms with E-state index in [4.69, 9.17) is 14.2 Å². The molecule has 1 atom stereocenters. The summed E-state index contributed by atoms with van der Waals surface area (Å²) in [6, 6.07) is 0. The molecule has 0 N–H and O–H groups in total. The van der Waals surface area contributed by atoms with Crippen LogP contribution in [0.2, 0.25) is 0 Å². The quantitative estimate of drug-likeness (QED) is 0.161. The number of hydrogen-bond donors (Lipinski definition) is 0. The summed E-state index contributed by atoms with van der Waals surface area (Å²) in [5.41, 5.74) is 0. The van der Waals surface area contributed by atoms with E-state index in [0.717, 1.165) is 44.9 Å². The van der Waals surface area contributed by atoms with Crippen LogP contribution in [0.4, 0.5) is 0 Å². The first kappa shape index (κ1) is 27.9. The lowest BCUT2D eigenvalue weighted by Gasteiger charge is -2.16. The van der Waals surface area contributed by atoms with Crippen LogP contribution in [-0.4, -0.2) is 37.9 Å². The minimum Gasteiger partial charge on any atom is -0.464 e. The van der Waals surface area contributed by atoms with Gasteiger partial charge < -0.3 is 14.2 Å². The Morgan fingerprint density at radius 1 is 0.621 bits per heavy atom. The molecule has 5 heteroatoms. The lowest BCUT2D eigenvalue weighted by molar-refractivity contribution is -0.159. The van der Waals surface area contributed by atoms with Crippen LogP contribution in [0, 0.1) is 0 Å². The Kier molecular flexibility index (Phi) is 20.8. The fraction of sp³-hybridized carbons (Fsp3) is 0.917. The van der Waals surface area contributed by atoms with Crippen LogP contribution < -0.4 is 0 Å².